The maximum absolute atomic E-state index is 9.96. The molecule has 0 atom stereocenters. The second-order valence-electron chi connectivity index (χ2n) is 4.41. The molecular formula is C13H17NO. The van der Waals surface area contributed by atoms with Crippen molar-refractivity contribution >= 4 is 6.08 Å². The molecule has 0 unspecified atom stereocenters. The molecule has 1 aromatic rings. The lowest BCUT2D eigenvalue weighted by molar-refractivity contribution is -0.00871. The third kappa shape index (κ3) is 2.67. The highest BCUT2D eigenvalue weighted by molar-refractivity contribution is 5.52. The van der Waals surface area contributed by atoms with Gasteiger partial charge in [-0.2, -0.15) is 0 Å². The molecular weight excluding hydrogens is 186 g/mol. The lowest BCUT2D eigenvalue weighted by Crippen LogP contribution is -2.59. The minimum absolute atomic E-state index is 0.505. The summed E-state index contributed by atoms with van der Waals surface area (Å²) in [5, 5.41) is 13.0. The predicted octanol–water partition coefficient (Wildman–Crippen LogP) is 1.81. The highest BCUT2D eigenvalue weighted by Crippen LogP contribution is 2.21. The van der Waals surface area contributed by atoms with E-state index in [2.05, 4.69) is 30.4 Å². The Labute approximate surface area is 90.6 Å². The predicted molar refractivity (Wildman–Crippen MR) is 62.5 cm³/mol. The van der Waals surface area contributed by atoms with E-state index in [1.807, 2.05) is 18.2 Å². The van der Waals surface area contributed by atoms with Crippen molar-refractivity contribution in [2.45, 2.75) is 18.9 Å². The molecule has 1 heterocycles. The van der Waals surface area contributed by atoms with E-state index >= 15 is 0 Å². The second-order valence-corrected chi connectivity index (χ2v) is 4.41. The van der Waals surface area contributed by atoms with Crippen molar-refractivity contribution in [2.24, 2.45) is 0 Å². The van der Waals surface area contributed by atoms with Gasteiger partial charge >= 0.3 is 0 Å². The summed E-state index contributed by atoms with van der Waals surface area (Å²) in [4.78, 5) is 0. The summed E-state index contributed by atoms with van der Waals surface area (Å²) in [5.74, 6) is 0. The topological polar surface area (TPSA) is 32.3 Å². The van der Waals surface area contributed by atoms with Crippen LogP contribution in [0.15, 0.2) is 35.9 Å². The van der Waals surface area contributed by atoms with E-state index in [4.69, 9.17) is 0 Å². The highest BCUT2D eigenvalue weighted by Gasteiger charge is 2.33. The minimum atomic E-state index is -0.505. The number of rotatable bonds is 3. The SMILES string of the molecule is C/C(=C\c1ccccc1)CC1(O)CNC1. The van der Waals surface area contributed by atoms with Crippen LogP contribution in [-0.2, 0) is 0 Å². The van der Waals surface area contributed by atoms with Crippen LogP contribution in [-0.4, -0.2) is 23.8 Å². The summed E-state index contributed by atoms with van der Waals surface area (Å²) in [6.45, 7) is 3.50. The Morgan fingerprint density at radius 3 is 2.60 bits per heavy atom. The molecule has 2 nitrogen and oxygen atoms in total. The molecule has 80 valence electrons. The van der Waals surface area contributed by atoms with Gasteiger partial charge in [-0.1, -0.05) is 42.0 Å². The lowest BCUT2D eigenvalue weighted by atomic mass is 9.89. The van der Waals surface area contributed by atoms with Gasteiger partial charge < -0.3 is 10.4 Å². The standard InChI is InChI=1S/C13H17NO/c1-11(8-13(15)9-14-10-13)7-12-5-3-2-4-6-12/h2-7,14-15H,8-10H2,1H3/b11-7+. The summed E-state index contributed by atoms with van der Waals surface area (Å²) in [5.41, 5.74) is 1.92. The van der Waals surface area contributed by atoms with Crippen molar-refractivity contribution in [1.82, 2.24) is 5.32 Å². The van der Waals surface area contributed by atoms with E-state index in [-0.39, 0.29) is 0 Å². The molecule has 1 fully saturated rings. The van der Waals surface area contributed by atoms with Gasteiger partial charge in [-0.25, -0.2) is 0 Å². The second kappa shape index (κ2) is 4.17. The fourth-order valence-corrected chi connectivity index (χ4v) is 1.94. The molecule has 1 aliphatic rings. The summed E-state index contributed by atoms with van der Waals surface area (Å²) in [6, 6.07) is 10.2. The lowest BCUT2D eigenvalue weighted by Gasteiger charge is -2.38. The Morgan fingerprint density at radius 1 is 1.40 bits per heavy atom. The Bertz CT molecular complexity index is 352. The molecule has 2 rings (SSSR count). The van der Waals surface area contributed by atoms with Crippen LogP contribution in [0.4, 0.5) is 0 Å². The molecule has 0 spiro atoms. The zero-order valence-electron chi connectivity index (χ0n) is 9.03. The van der Waals surface area contributed by atoms with Crippen molar-refractivity contribution < 1.29 is 5.11 Å². The first-order chi connectivity index (χ1) is 7.18. The van der Waals surface area contributed by atoms with Gasteiger partial charge in [-0.15, -0.1) is 0 Å². The first kappa shape index (κ1) is 10.4. The molecule has 0 saturated carbocycles. The smallest absolute Gasteiger partial charge is 0.0931 e. The van der Waals surface area contributed by atoms with Crippen molar-refractivity contribution in [3.63, 3.8) is 0 Å². The summed E-state index contributed by atoms with van der Waals surface area (Å²) < 4.78 is 0. The number of hydrogen-bond acceptors (Lipinski definition) is 2. The quantitative estimate of drug-likeness (QED) is 0.785. The maximum Gasteiger partial charge on any atom is 0.0931 e. The molecule has 15 heavy (non-hydrogen) atoms. The summed E-state index contributed by atoms with van der Waals surface area (Å²) in [7, 11) is 0. The van der Waals surface area contributed by atoms with Crippen LogP contribution in [0.2, 0.25) is 0 Å². The Kier molecular flexibility index (Phi) is 2.89. The number of nitrogens with one attached hydrogen (secondary N) is 1. The summed E-state index contributed by atoms with van der Waals surface area (Å²) >= 11 is 0. The molecule has 0 bridgehead atoms. The van der Waals surface area contributed by atoms with Crippen LogP contribution in [0.25, 0.3) is 6.08 Å². The van der Waals surface area contributed by atoms with E-state index < -0.39 is 5.60 Å². The van der Waals surface area contributed by atoms with Gasteiger partial charge in [0.1, 0.15) is 0 Å². The minimum Gasteiger partial charge on any atom is -0.387 e. The fraction of sp³-hybridized carbons (Fsp3) is 0.385. The van der Waals surface area contributed by atoms with Crippen molar-refractivity contribution in [1.29, 1.82) is 0 Å². The molecule has 1 aliphatic heterocycles. The summed E-state index contributed by atoms with van der Waals surface area (Å²) in [6.07, 6.45) is 2.89. The Morgan fingerprint density at radius 2 is 2.07 bits per heavy atom. The number of benzene rings is 1. The molecule has 2 heteroatoms. The third-order valence-corrected chi connectivity index (χ3v) is 2.73. The Hall–Kier alpha value is -1.12. The molecule has 1 aromatic carbocycles. The van der Waals surface area contributed by atoms with Crippen LogP contribution < -0.4 is 5.32 Å². The molecule has 1 saturated heterocycles. The van der Waals surface area contributed by atoms with Crippen LogP contribution >= 0.6 is 0 Å². The molecule has 0 aromatic heterocycles. The van der Waals surface area contributed by atoms with Crippen molar-refractivity contribution in [2.75, 3.05) is 13.1 Å². The number of hydrogen-bond donors (Lipinski definition) is 2. The van der Waals surface area contributed by atoms with Gasteiger partial charge in [0.15, 0.2) is 0 Å². The van der Waals surface area contributed by atoms with Gasteiger partial charge in [0, 0.05) is 13.1 Å². The third-order valence-electron chi connectivity index (χ3n) is 2.73. The largest absolute Gasteiger partial charge is 0.387 e. The van der Waals surface area contributed by atoms with Gasteiger partial charge in [0.2, 0.25) is 0 Å². The van der Waals surface area contributed by atoms with E-state index in [1.165, 1.54) is 11.1 Å². The molecule has 0 radical (unpaired) electrons. The monoisotopic (exact) mass is 203 g/mol. The first-order valence-electron chi connectivity index (χ1n) is 5.33. The average Bonchev–Trinajstić information content (AvgIpc) is 2.16. The van der Waals surface area contributed by atoms with Gasteiger partial charge in [0.05, 0.1) is 5.60 Å². The first-order valence-corrected chi connectivity index (χ1v) is 5.33. The van der Waals surface area contributed by atoms with E-state index in [1.54, 1.807) is 0 Å². The zero-order valence-corrected chi connectivity index (χ0v) is 9.03. The number of aliphatic hydroxyl groups is 1. The molecule has 2 N–H and O–H groups in total. The van der Waals surface area contributed by atoms with E-state index in [0.29, 0.717) is 13.1 Å². The van der Waals surface area contributed by atoms with Crippen LogP contribution in [0.1, 0.15) is 18.9 Å². The van der Waals surface area contributed by atoms with Crippen LogP contribution in [0.5, 0.6) is 0 Å². The molecule has 0 amide bonds. The van der Waals surface area contributed by atoms with Gasteiger partial charge in [-0.3, -0.25) is 0 Å². The maximum atomic E-state index is 9.96. The zero-order chi connectivity index (χ0) is 10.7. The highest BCUT2D eigenvalue weighted by atomic mass is 16.3. The Balaban J connectivity index is 2.01. The molecule has 0 aliphatic carbocycles. The van der Waals surface area contributed by atoms with Crippen molar-refractivity contribution in [3.8, 4) is 0 Å². The van der Waals surface area contributed by atoms with Crippen LogP contribution in [0.3, 0.4) is 0 Å². The average molecular weight is 203 g/mol. The van der Waals surface area contributed by atoms with Gasteiger partial charge in [0.25, 0.3) is 0 Å². The van der Waals surface area contributed by atoms with Crippen molar-refractivity contribution in [3.05, 3.63) is 41.5 Å². The van der Waals surface area contributed by atoms with Gasteiger partial charge in [-0.05, 0) is 18.9 Å². The normalized spacial score (nSPS) is 19.7. The van der Waals surface area contributed by atoms with E-state index in [9.17, 15) is 5.11 Å². The van der Waals surface area contributed by atoms with Crippen LogP contribution in [0, 0.1) is 0 Å². The number of β-amino-alcohol motifs (C(OH)–C–C–N with tert-alkyl or cyclic N) is 1. The van der Waals surface area contributed by atoms with E-state index in [0.717, 1.165) is 6.42 Å². The fourth-order valence-electron chi connectivity index (χ4n) is 1.94.